The minimum absolute atomic E-state index is 0.249. The molecule has 0 fully saturated rings. The van der Waals surface area contributed by atoms with Crippen molar-refractivity contribution in [3.05, 3.63) is 29.6 Å². The molecule has 0 aliphatic heterocycles. The fourth-order valence-electron chi connectivity index (χ4n) is 2.14. The quantitative estimate of drug-likeness (QED) is 0.807. The molecule has 114 valence electrons. The van der Waals surface area contributed by atoms with Crippen molar-refractivity contribution in [2.24, 2.45) is 5.92 Å². The van der Waals surface area contributed by atoms with Crippen molar-refractivity contribution in [2.45, 2.75) is 39.8 Å². The van der Waals surface area contributed by atoms with E-state index in [0.29, 0.717) is 24.7 Å². The van der Waals surface area contributed by atoms with Crippen LogP contribution in [0.25, 0.3) is 0 Å². The standard InChI is InChI=1S/C16H27FN2O/c1-12(2)9-18-10-13-6-7-15(14(17)8-13)19(5)11-16(3,4)20/h6-8,12,18,20H,9-11H2,1-5H3. The second kappa shape index (κ2) is 7.04. The zero-order chi connectivity index (χ0) is 15.3. The number of rotatable bonds is 7. The Balaban J connectivity index is 2.68. The third-order valence-corrected chi connectivity index (χ3v) is 2.93. The predicted octanol–water partition coefficient (Wildman–Crippen LogP) is 2.78. The van der Waals surface area contributed by atoms with Gasteiger partial charge >= 0.3 is 0 Å². The van der Waals surface area contributed by atoms with E-state index < -0.39 is 5.60 Å². The molecule has 0 unspecified atom stereocenters. The average Bonchev–Trinajstić information content (AvgIpc) is 2.25. The Morgan fingerprint density at radius 1 is 1.35 bits per heavy atom. The number of hydrogen-bond acceptors (Lipinski definition) is 3. The van der Waals surface area contributed by atoms with Gasteiger partial charge in [0.2, 0.25) is 0 Å². The van der Waals surface area contributed by atoms with Crippen LogP contribution in [0.15, 0.2) is 18.2 Å². The van der Waals surface area contributed by atoms with Gasteiger partial charge in [-0.1, -0.05) is 19.9 Å². The minimum atomic E-state index is -0.849. The molecule has 0 atom stereocenters. The first kappa shape index (κ1) is 16.9. The van der Waals surface area contributed by atoms with Crippen LogP contribution in [0.3, 0.4) is 0 Å². The van der Waals surface area contributed by atoms with Gasteiger partial charge in [0.05, 0.1) is 11.3 Å². The molecule has 20 heavy (non-hydrogen) atoms. The Morgan fingerprint density at radius 2 is 2.00 bits per heavy atom. The summed E-state index contributed by atoms with van der Waals surface area (Å²) in [6.07, 6.45) is 0. The van der Waals surface area contributed by atoms with E-state index in [1.165, 1.54) is 0 Å². The molecule has 0 saturated heterocycles. The SMILES string of the molecule is CC(C)CNCc1ccc(N(C)CC(C)(C)O)c(F)c1. The van der Waals surface area contributed by atoms with E-state index in [1.807, 2.05) is 6.07 Å². The highest BCUT2D eigenvalue weighted by Gasteiger charge is 2.18. The number of likely N-dealkylation sites (N-methyl/N-ethyl adjacent to an activating group) is 1. The fourth-order valence-corrected chi connectivity index (χ4v) is 2.14. The summed E-state index contributed by atoms with van der Waals surface area (Å²) in [5, 5.41) is 13.1. The van der Waals surface area contributed by atoms with E-state index in [4.69, 9.17) is 0 Å². The Kier molecular flexibility index (Phi) is 5.96. The number of nitrogens with zero attached hydrogens (tertiary/aromatic N) is 1. The largest absolute Gasteiger partial charge is 0.389 e. The molecule has 4 heteroatoms. The van der Waals surface area contributed by atoms with Gasteiger partial charge in [0.25, 0.3) is 0 Å². The Hall–Kier alpha value is -1.13. The van der Waals surface area contributed by atoms with Crippen LogP contribution in [-0.2, 0) is 6.54 Å². The first-order valence-electron chi connectivity index (χ1n) is 7.11. The lowest BCUT2D eigenvalue weighted by atomic mass is 10.1. The number of benzene rings is 1. The monoisotopic (exact) mass is 282 g/mol. The van der Waals surface area contributed by atoms with Crippen LogP contribution < -0.4 is 10.2 Å². The van der Waals surface area contributed by atoms with Gasteiger partial charge in [-0.2, -0.15) is 0 Å². The van der Waals surface area contributed by atoms with Crippen molar-refractivity contribution < 1.29 is 9.50 Å². The highest BCUT2D eigenvalue weighted by atomic mass is 19.1. The molecule has 0 heterocycles. The first-order chi connectivity index (χ1) is 9.19. The Morgan fingerprint density at radius 3 is 2.50 bits per heavy atom. The Bertz CT molecular complexity index is 427. The third-order valence-electron chi connectivity index (χ3n) is 2.93. The summed E-state index contributed by atoms with van der Waals surface area (Å²) in [6, 6.07) is 5.25. The number of halogens is 1. The van der Waals surface area contributed by atoms with Gasteiger partial charge in [0.1, 0.15) is 5.82 Å². The third kappa shape index (κ3) is 5.88. The van der Waals surface area contributed by atoms with E-state index in [-0.39, 0.29) is 5.82 Å². The molecule has 0 spiro atoms. The smallest absolute Gasteiger partial charge is 0.146 e. The van der Waals surface area contributed by atoms with Gasteiger partial charge in [0, 0.05) is 20.1 Å². The molecule has 0 amide bonds. The zero-order valence-corrected chi connectivity index (χ0v) is 13.2. The lowest BCUT2D eigenvalue weighted by molar-refractivity contribution is 0.0885. The Labute approximate surface area is 121 Å². The molecule has 1 rings (SSSR count). The van der Waals surface area contributed by atoms with Crippen LogP contribution in [0.2, 0.25) is 0 Å². The molecule has 2 N–H and O–H groups in total. The van der Waals surface area contributed by atoms with Gasteiger partial charge < -0.3 is 15.3 Å². The molecule has 1 aromatic carbocycles. The lowest BCUT2D eigenvalue weighted by Gasteiger charge is -2.27. The fraction of sp³-hybridized carbons (Fsp3) is 0.625. The van der Waals surface area contributed by atoms with Gasteiger partial charge in [-0.25, -0.2) is 4.39 Å². The highest BCUT2D eigenvalue weighted by Crippen LogP contribution is 2.21. The molecule has 0 bridgehead atoms. The van der Waals surface area contributed by atoms with E-state index in [9.17, 15) is 9.50 Å². The maximum Gasteiger partial charge on any atom is 0.146 e. The van der Waals surface area contributed by atoms with Gasteiger partial charge in [-0.05, 0) is 44.0 Å². The van der Waals surface area contributed by atoms with Gasteiger partial charge in [0.15, 0.2) is 0 Å². The summed E-state index contributed by atoms with van der Waals surface area (Å²) < 4.78 is 14.1. The van der Waals surface area contributed by atoms with E-state index in [1.54, 1.807) is 37.9 Å². The summed E-state index contributed by atoms with van der Waals surface area (Å²) in [5.41, 5.74) is 0.599. The van der Waals surface area contributed by atoms with Crippen molar-refractivity contribution in [3.8, 4) is 0 Å². The van der Waals surface area contributed by atoms with Crippen LogP contribution in [0.5, 0.6) is 0 Å². The lowest BCUT2D eigenvalue weighted by Crippen LogP contribution is -2.36. The summed E-state index contributed by atoms with van der Waals surface area (Å²) in [4.78, 5) is 1.74. The van der Waals surface area contributed by atoms with E-state index in [0.717, 1.165) is 12.1 Å². The van der Waals surface area contributed by atoms with Crippen LogP contribution in [0.4, 0.5) is 10.1 Å². The molecule has 0 aliphatic carbocycles. The molecule has 0 aliphatic rings. The van der Waals surface area contributed by atoms with Crippen molar-refractivity contribution in [1.82, 2.24) is 5.32 Å². The van der Waals surface area contributed by atoms with Gasteiger partial charge in [-0.3, -0.25) is 0 Å². The van der Waals surface area contributed by atoms with Gasteiger partial charge in [-0.15, -0.1) is 0 Å². The normalized spacial score (nSPS) is 12.0. The van der Waals surface area contributed by atoms with E-state index >= 15 is 0 Å². The van der Waals surface area contributed by atoms with Crippen molar-refractivity contribution >= 4 is 5.69 Å². The number of anilines is 1. The molecule has 1 aromatic rings. The molecule has 0 saturated carbocycles. The maximum atomic E-state index is 14.1. The first-order valence-corrected chi connectivity index (χ1v) is 7.11. The number of aliphatic hydroxyl groups is 1. The average molecular weight is 282 g/mol. The zero-order valence-electron chi connectivity index (χ0n) is 13.2. The second-order valence-corrected chi connectivity index (χ2v) is 6.48. The summed E-state index contributed by atoms with van der Waals surface area (Å²) >= 11 is 0. The van der Waals surface area contributed by atoms with Crippen LogP contribution in [-0.4, -0.2) is 30.8 Å². The van der Waals surface area contributed by atoms with Crippen LogP contribution in [0.1, 0.15) is 33.3 Å². The summed E-state index contributed by atoms with van der Waals surface area (Å²) in [5.74, 6) is 0.331. The highest BCUT2D eigenvalue weighted by molar-refractivity contribution is 5.48. The molecule has 3 nitrogen and oxygen atoms in total. The summed E-state index contributed by atoms with van der Waals surface area (Å²) in [7, 11) is 1.78. The van der Waals surface area contributed by atoms with Crippen molar-refractivity contribution in [2.75, 3.05) is 25.0 Å². The second-order valence-electron chi connectivity index (χ2n) is 6.48. The summed E-state index contributed by atoms with van der Waals surface area (Å²) in [6.45, 7) is 9.68. The minimum Gasteiger partial charge on any atom is -0.389 e. The molecular formula is C16H27FN2O. The van der Waals surface area contributed by atoms with Crippen LogP contribution >= 0.6 is 0 Å². The number of nitrogens with one attached hydrogen (secondary N) is 1. The molecular weight excluding hydrogens is 255 g/mol. The van der Waals surface area contributed by atoms with E-state index in [2.05, 4.69) is 19.2 Å². The molecule has 0 radical (unpaired) electrons. The number of hydrogen-bond donors (Lipinski definition) is 2. The van der Waals surface area contributed by atoms with Crippen LogP contribution in [0, 0.1) is 11.7 Å². The topological polar surface area (TPSA) is 35.5 Å². The van der Waals surface area contributed by atoms with Crippen molar-refractivity contribution in [1.29, 1.82) is 0 Å². The predicted molar refractivity (Wildman–Crippen MR) is 82.5 cm³/mol. The molecule has 0 aromatic heterocycles. The van der Waals surface area contributed by atoms with Crippen molar-refractivity contribution in [3.63, 3.8) is 0 Å². The maximum absolute atomic E-state index is 14.1.